The Balaban J connectivity index is 1.61. The van der Waals surface area contributed by atoms with Gasteiger partial charge in [0.25, 0.3) is 5.91 Å². The van der Waals surface area contributed by atoms with E-state index in [0.29, 0.717) is 12.1 Å². The quantitative estimate of drug-likeness (QED) is 0.638. The summed E-state index contributed by atoms with van der Waals surface area (Å²) in [6, 6.07) is 28.1. The van der Waals surface area contributed by atoms with Gasteiger partial charge in [0.1, 0.15) is 0 Å². The average molecular weight is 454 g/mol. The van der Waals surface area contributed by atoms with Gasteiger partial charge in [-0.15, -0.1) is 0 Å². The molecule has 2 aliphatic heterocycles. The highest BCUT2D eigenvalue weighted by atomic mass is 16.2. The van der Waals surface area contributed by atoms with Crippen molar-refractivity contribution >= 4 is 11.8 Å². The van der Waals surface area contributed by atoms with Crippen LogP contribution in [0.5, 0.6) is 0 Å². The summed E-state index contributed by atoms with van der Waals surface area (Å²) in [5, 5.41) is 3.30. The van der Waals surface area contributed by atoms with Crippen molar-refractivity contribution in [1.29, 1.82) is 0 Å². The molecule has 0 saturated carbocycles. The second-order valence-corrected chi connectivity index (χ2v) is 9.67. The van der Waals surface area contributed by atoms with Crippen LogP contribution in [0.4, 0.5) is 0 Å². The first kappa shape index (κ1) is 22.4. The molecule has 2 aliphatic rings. The molecule has 0 spiro atoms. The van der Waals surface area contributed by atoms with Crippen LogP contribution >= 0.6 is 0 Å². The summed E-state index contributed by atoms with van der Waals surface area (Å²) in [4.78, 5) is 30.9. The Kier molecular flexibility index (Phi) is 5.96. The summed E-state index contributed by atoms with van der Waals surface area (Å²) in [6.07, 6.45) is 0.917. The molecular weight excluding hydrogens is 422 g/mol. The number of hydrogen-bond acceptors (Lipinski definition) is 3. The molecule has 2 amide bonds. The van der Waals surface area contributed by atoms with E-state index in [1.165, 1.54) is 0 Å². The van der Waals surface area contributed by atoms with Gasteiger partial charge in [-0.1, -0.05) is 78.9 Å². The molecule has 3 aromatic rings. The van der Waals surface area contributed by atoms with Crippen molar-refractivity contribution in [2.24, 2.45) is 5.92 Å². The molecule has 3 atom stereocenters. The van der Waals surface area contributed by atoms with Gasteiger partial charge < -0.3 is 15.1 Å². The van der Waals surface area contributed by atoms with Crippen LogP contribution in [0.15, 0.2) is 84.9 Å². The summed E-state index contributed by atoms with van der Waals surface area (Å²) in [6.45, 7) is 3.74. The Bertz CT molecular complexity index is 1180. The van der Waals surface area contributed by atoms with E-state index >= 15 is 0 Å². The maximum atomic E-state index is 14.3. The number of nitrogens with one attached hydrogen (secondary N) is 1. The standard InChI is InChI=1S/C29H31N3O2/c1-21(33)30-29-19-31(2)18-17-26(29)27(23-13-7-4-8-14-23)32(20-29)28(34)25-16-10-9-15-24(25)22-11-5-3-6-12-22/h3-16,26-27H,17-20H2,1-2H3,(H,30,33)/t26-,27-,29-/m1/s1. The van der Waals surface area contributed by atoms with Gasteiger partial charge in [-0.25, -0.2) is 0 Å². The minimum absolute atomic E-state index is 0.00934. The van der Waals surface area contributed by atoms with Crippen LogP contribution in [0, 0.1) is 5.92 Å². The van der Waals surface area contributed by atoms with Gasteiger partial charge in [0, 0.05) is 31.5 Å². The summed E-state index contributed by atoms with van der Waals surface area (Å²) in [5.41, 5.74) is 3.29. The lowest BCUT2D eigenvalue weighted by Gasteiger charge is -2.44. The Labute approximate surface area is 201 Å². The minimum atomic E-state index is -0.476. The van der Waals surface area contributed by atoms with Crippen LogP contribution in [0.2, 0.25) is 0 Å². The maximum Gasteiger partial charge on any atom is 0.255 e. The van der Waals surface area contributed by atoms with E-state index in [1.807, 2.05) is 77.7 Å². The molecule has 2 fully saturated rings. The topological polar surface area (TPSA) is 52.7 Å². The Morgan fingerprint density at radius 3 is 2.24 bits per heavy atom. The van der Waals surface area contributed by atoms with Crippen molar-refractivity contribution in [3.05, 3.63) is 96.1 Å². The zero-order valence-electron chi connectivity index (χ0n) is 19.8. The lowest BCUT2D eigenvalue weighted by atomic mass is 9.76. The van der Waals surface area contributed by atoms with Crippen LogP contribution in [0.3, 0.4) is 0 Å². The number of rotatable bonds is 4. The number of hydrogen-bond donors (Lipinski definition) is 1. The fourth-order valence-corrected chi connectivity index (χ4v) is 6.04. The molecular formula is C29H31N3O2. The maximum absolute atomic E-state index is 14.3. The van der Waals surface area contributed by atoms with Gasteiger partial charge in [0.2, 0.25) is 5.91 Å². The second-order valence-electron chi connectivity index (χ2n) is 9.67. The molecule has 0 bridgehead atoms. The predicted molar refractivity (Wildman–Crippen MR) is 134 cm³/mol. The first-order chi connectivity index (χ1) is 16.5. The number of likely N-dealkylation sites (N-methyl/N-ethyl adjacent to an activating group) is 1. The van der Waals surface area contributed by atoms with E-state index in [-0.39, 0.29) is 23.8 Å². The van der Waals surface area contributed by atoms with Gasteiger partial charge in [-0.05, 0) is 42.8 Å². The monoisotopic (exact) mass is 453 g/mol. The Morgan fingerprint density at radius 1 is 0.882 bits per heavy atom. The van der Waals surface area contributed by atoms with Crippen molar-refractivity contribution in [3.8, 4) is 11.1 Å². The number of amides is 2. The number of likely N-dealkylation sites (tertiary alicyclic amines) is 2. The Morgan fingerprint density at radius 2 is 1.53 bits per heavy atom. The zero-order chi connectivity index (χ0) is 23.7. The predicted octanol–water partition coefficient (Wildman–Crippen LogP) is 4.38. The summed E-state index contributed by atoms with van der Waals surface area (Å²) < 4.78 is 0. The molecule has 34 heavy (non-hydrogen) atoms. The van der Waals surface area contributed by atoms with Crippen LogP contribution in [0.1, 0.15) is 35.3 Å². The van der Waals surface area contributed by atoms with Crippen molar-refractivity contribution in [2.45, 2.75) is 24.9 Å². The minimum Gasteiger partial charge on any atom is -0.347 e. The molecule has 1 N–H and O–H groups in total. The molecule has 174 valence electrons. The van der Waals surface area contributed by atoms with Crippen LogP contribution in [-0.2, 0) is 4.79 Å². The normalized spacial score (nSPS) is 24.5. The highest BCUT2D eigenvalue weighted by Crippen LogP contribution is 2.48. The first-order valence-electron chi connectivity index (χ1n) is 12.0. The van der Waals surface area contributed by atoms with Crippen molar-refractivity contribution in [1.82, 2.24) is 15.1 Å². The summed E-state index contributed by atoms with van der Waals surface area (Å²) in [5.74, 6) is 0.101. The lowest BCUT2D eigenvalue weighted by molar-refractivity contribution is -0.122. The molecule has 0 unspecified atom stereocenters. The fraction of sp³-hybridized carbons (Fsp3) is 0.310. The molecule has 0 radical (unpaired) electrons. The van der Waals surface area contributed by atoms with Crippen molar-refractivity contribution in [2.75, 3.05) is 26.7 Å². The summed E-state index contributed by atoms with van der Waals surface area (Å²) >= 11 is 0. The van der Waals surface area contributed by atoms with E-state index in [2.05, 4.69) is 29.4 Å². The number of carbonyl (C=O) groups is 2. The third-order valence-electron chi connectivity index (χ3n) is 7.32. The smallest absolute Gasteiger partial charge is 0.255 e. The largest absolute Gasteiger partial charge is 0.347 e. The third-order valence-corrected chi connectivity index (χ3v) is 7.32. The van der Waals surface area contributed by atoms with Gasteiger partial charge in [0.15, 0.2) is 0 Å². The van der Waals surface area contributed by atoms with Crippen molar-refractivity contribution < 1.29 is 9.59 Å². The lowest BCUT2D eigenvalue weighted by Crippen LogP contribution is -2.63. The molecule has 5 heteroatoms. The number of nitrogens with zero attached hydrogens (tertiary/aromatic N) is 2. The van der Waals surface area contributed by atoms with Gasteiger partial charge in [0.05, 0.1) is 11.6 Å². The van der Waals surface area contributed by atoms with Gasteiger partial charge >= 0.3 is 0 Å². The highest BCUT2D eigenvalue weighted by molar-refractivity contribution is 6.01. The van der Waals surface area contributed by atoms with Crippen LogP contribution in [-0.4, -0.2) is 53.8 Å². The molecule has 3 aromatic carbocycles. The molecule has 0 aromatic heterocycles. The van der Waals surface area contributed by atoms with E-state index in [1.54, 1.807) is 6.92 Å². The van der Waals surface area contributed by atoms with Crippen molar-refractivity contribution in [3.63, 3.8) is 0 Å². The van der Waals surface area contributed by atoms with E-state index in [0.717, 1.165) is 36.2 Å². The molecule has 5 rings (SSSR count). The molecule has 2 saturated heterocycles. The number of benzene rings is 3. The molecule has 2 heterocycles. The summed E-state index contributed by atoms with van der Waals surface area (Å²) in [7, 11) is 2.09. The van der Waals surface area contributed by atoms with Crippen LogP contribution < -0.4 is 5.32 Å². The van der Waals surface area contributed by atoms with E-state index in [4.69, 9.17) is 0 Å². The van der Waals surface area contributed by atoms with E-state index in [9.17, 15) is 9.59 Å². The van der Waals surface area contributed by atoms with Gasteiger partial charge in [-0.3, -0.25) is 9.59 Å². The van der Waals surface area contributed by atoms with E-state index < -0.39 is 5.54 Å². The van der Waals surface area contributed by atoms with Crippen LogP contribution in [0.25, 0.3) is 11.1 Å². The molecule has 5 nitrogen and oxygen atoms in total. The highest BCUT2D eigenvalue weighted by Gasteiger charge is 2.56. The average Bonchev–Trinajstić information content (AvgIpc) is 3.17. The second kappa shape index (κ2) is 9.07. The first-order valence-corrected chi connectivity index (χ1v) is 12.0. The molecule has 0 aliphatic carbocycles. The number of piperidine rings is 1. The third kappa shape index (κ3) is 4.01. The SMILES string of the molecule is CC(=O)N[C@@]12CN(C)CC[C@@H]1[C@@H](c1ccccc1)N(C(=O)c1ccccc1-c1ccccc1)C2. The number of fused-ring (bicyclic) bond motifs is 1. The van der Waals surface area contributed by atoms with Gasteiger partial charge in [-0.2, -0.15) is 0 Å². The Hall–Kier alpha value is -3.44. The number of carbonyl (C=O) groups excluding carboxylic acids is 2. The fourth-order valence-electron chi connectivity index (χ4n) is 6.04. The zero-order valence-corrected chi connectivity index (χ0v) is 19.8.